The van der Waals surface area contributed by atoms with Crippen LogP contribution in [-0.2, 0) is 0 Å². The molecule has 1 unspecified atom stereocenters. The van der Waals surface area contributed by atoms with Crippen LogP contribution in [0.1, 0.15) is 19.3 Å². The molecule has 0 amide bonds. The molecule has 124 valence electrons. The van der Waals surface area contributed by atoms with E-state index in [0.717, 1.165) is 18.7 Å². The van der Waals surface area contributed by atoms with Crippen LogP contribution in [0.4, 0.5) is 4.39 Å². The zero-order valence-corrected chi connectivity index (χ0v) is 14.0. The van der Waals surface area contributed by atoms with Crippen LogP contribution in [0, 0.1) is 0 Å². The minimum atomic E-state index is -0.928. The molecule has 2 heterocycles. The van der Waals surface area contributed by atoms with Gasteiger partial charge in [-0.05, 0) is 12.7 Å². The summed E-state index contributed by atoms with van der Waals surface area (Å²) in [7, 11) is 0. The fourth-order valence-corrected chi connectivity index (χ4v) is 2.60. The highest BCUT2D eigenvalue weighted by atomic mass is 32.2. The zero-order valence-electron chi connectivity index (χ0n) is 13.2. The first kappa shape index (κ1) is 17.7. The molecule has 0 saturated carbocycles. The standard InChI is InChI=1S/C17H22FN3OS/c1-23-17(13-22)20-15-12-19-9-4-8-16(15)21-10-3-2-6-14(18)7-5-11-21/h2,5-6,8-9,11-12,14,22H,3-4,7,10,13H2,1H3/b6-2+,11-5+,20-17?. The Morgan fingerprint density at radius 2 is 2.39 bits per heavy atom. The van der Waals surface area contributed by atoms with E-state index in [1.807, 2.05) is 30.8 Å². The topological polar surface area (TPSA) is 48.2 Å². The largest absolute Gasteiger partial charge is 0.389 e. The third-order valence-corrected chi connectivity index (χ3v) is 4.13. The van der Waals surface area contributed by atoms with Crippen molar-refractivity contribution in [1.29, 1.82) is 0 Å². The Bertz CT molecular complexity index is 572. The van der Waals surface area contributed by atoms with Crippen molar-refractivity contribution in [3.05, 3.63) is 48.1 Å². The van der Waals surface area contributed by atoms with Crippen molar-refractivity contribution in [3.8, 4) is 0 Å². The van der Waals surface area contributed by atoms with Crippen molar-refractivity contribution in [1.82, 2.24) is 4.90 Å². The molecule has 1 atom stereocenters. The van der Waals surface area contributed by atoms with E-state index < -0.39 is 6.17 Å². The average Bonchev–Trinajstić information content (AvgIpc) is 2.73. The van der Waals surface area contributed by atoms with Crippen LogP contribution in [-0.4, -0.2) is 46.8 Å². The van der Waals surface area contributed by atoms with Crippen molar-refractivity contribution in [2.75, 3.05) is 19.4 Å². The average molecular weight is 335 g/mol. The van der Waals surface area contributed by atoms with E-state index in [2.05, 4.69) is 21.0 Å². The lowest BCUT2D eigenvalue weighted by Crippen LogP contribution is -2.19. The minimum absolute atomic E-state index is 0.0996. The molecule has 2 aliphatic rings. The van der Waals surface area contributed by atoms with Crippen LogP contribution in [0.25, 0.3) is 0 Å². The lowest BCUT2D eigenvalue weighted by molar-refractivity contribution is 0.360. The monoisotopic (exact) mass is 335 g/mol. The summed E-state index contributed by atoms with van der Waals surface area (Å²) in [4.78, 5) is 10.8. The predicted octanol–water partition coefficient (Wildman–Crippen LogP) is 3.44. The van der Waals surface area contributed by atoms with Crippen LogP contribution in [0.2, 0.25) is 0 Å². The van der Waals surface area contributed by atoms with Crippen molar-refractivity contribution in [2.24, 2.45) is 9.98 Å². The summed E-state index contributed by atoms with van der Waals surface area (Å²) < 4.78 is 13.5. The van der Waals surface area contributed by atoms with E-state index >= 15 is 0 Å². The smallest absolute Gasteiger partial charge is 0.122 e. The molecule has 1 N–H and O–H groups in total. The number of halogens is 1. The van der Waals surface area contributed by atoms with Crippen LogP contribution >= 0.6 is 11.8 Å². The van der Waals surface area contributed by atoms with Gasteiger partial charge in [-0.2, -0.15) is 0 Å². The quantitative estimate of drug-likeness (QED) is 0.488. The van der Waals surface area contributed by atoms with E-state index in [1.165, 1.54) is 11.8 Å². The molecule has 4 nitrogen and oxygen atoms in total. The first-order valence-corrected chi connectivity index (χ1v) is 8.86. The van der Waals surface area contributed by atoms with Gasteiger partial charge in [0.1, 0.15) is 11.9 Å². The second kappa shape index (κ2) is 9.47. The van der Waals surface area contributed by atoms with Crippen LogP contribution in [0.15, 0.2) is 58.1 Å². The molecule has 0 aromatic rings. The highest BCUT2D eigenvalue weighted by molar-refractivity contribution is 8.13. The number of aliphatic hydroxyl groups excluding tert-OH is 1. The maximum Gasteiger partial charge on any atom is 0.122 e. The third kappa shape index (κ3) is 5.48. The number of nitrogens with zero attached hydrogens (tertiary/aromatic N) is 3. The van der Waals surface area contributed by atoms with Gasteiger partial charge < -0.3 is 10.0 Å². The fraction of sp³-hybridized carbons (Fsp3) is 0.412. The molecule has 6 heteroatoms. The van der Waals surface area contributed by atoms with Gasteiger partial charge >= 0.3 is 0 Å². The summed E-state index contributed by atoms with van der Waals surface area (Å²) in [6.45, 7) is 0.643. The summed E-state index contributed by atoms with van der Waals surface area (Å²) in [5.41, 5.74) is 1.64. The normalized spacial score (nSPS) is 25.6. The van der Waals surface area contributed by atoms with E-state index in [1.54, 1.807) is 12.3 Å². The Balaban J connectivity index is 2.28. The molecule has 0 aromatic heterocycles. The predicted molar refractivity (Wildman–Crippen MR) is 96.4 cm³/mol. The maximum atomic E-state index is 13.5. The number of thioether (sulfide) groups is 1. The van der Waals surface area contributed by atoms with Crippen molar-refractivity contribution >= 4 is 23.0 Å². The lowest BCUT2D eigenvalue weighted by Gasteiger charge is -2.23. The van der Waals surface area contributed by atoms with Gasteiger partial charge in [0.05, 0.1) is 23.5 Å². The van der Waals surface area contributed by atoms with Gasteiger partial charge in [-0.1, -0.05) is 24.3 Å². The first-order chi connectivity index (χ1) is 11.2. The fourth-order valence-electron chi connectivity index (χ4n) is 2.28. The van der Waals surface area contributed by atoms with E-state index in [9.17, 15) is 9.50 Å². The molecule has 0 fully saturated rings. The Labute approximate surface area is 140 Å². The van der Waals surface area contributed by atoms with Crippen LogP contribution in [0.5, 0.6) is 0 Å². The third-order valence-electron chi connectivity index (χ3n) is 3.43. The zero-order chi connectivity index (χ0) is 16.5. The van der Waals surface area contributed by atoms with E-state index in [0.29, 0.717) is 23.6 Å². The SMILES string of the molecule is CSC(CO)=NC1=CN=CCC=C1N1/C=C/CC(F)/C=C/CC1. The number of hydrogen-bond acceptors (Lipinski definition) is 5. The minimum Gasteiger partial charge on any atom is -0.389 e. The van der Waals surface area contributed by atoms with Crippen molar-refractivity contribution in [2.45, 2.75) is 25.4 Å². The highest BCUT2D eigenvalue weighted by Crippen LogP contribution is 2.23. The Hall–Kier alpha value is -1.66. The maximum absolute atomic E-state index is 13.5. The summed E-state index contributed by atoms with van der Waals surface area (Å²) >= 11 is 1.41. The lowest BCUT2D eigenvalue weighted by atomic mass is 10.2. The van der Waals surface area contributed by atoms with Crippen molar-refractivity contribution < 1.29 is 9.50 Å². The number of hydrogen-bond donors (Lipinski definition) is 1. The van der Waals surface area contributed by atoms with E-state index in [-0.39, 0.29) is 6.61 Å². The Morgan fingerprint density at radius 1 is 1.52 bits per heavy atom. The molecule has 0 aromatic carbocycles. The number of allylic oxidation sites excluding steroid dienone is 3. The number of aliphatic imine (C=N–C) groups is 2. The van der Waals surface area contributed by atoms with Crippen LogP contribution in [0.3, 0.4) is 0 Å². The first-order valence-electron chi connectivity index (χ1n) is 7.63. The van der Waals surface area contributed by atoms with E-state index in [4.69, 9.17) is 0 Å². The molecular formula is C17H22FN3OS. The summed E-state index contributed by atoms with van der Waals surface area (Å²) in [5, 5.41) is 9.99. The van der Waals surface area contributed by atoms with Gasteiger partial charge in [0.25, 0.3) is 0 Å². The van der Waals surface area contributed by atoms with Crippen molar-refractivity contribution in [3.63, 3.8) is 0 Å². The van der Waals surface area contributed by atoms with Gasteiger partial charge in [-0.25, -0.2) is 9.38 Å². The molecule has 0 radical (unpaired) electrons. The summed E-state index contributed by atoms with van der Waals surface area (Å²) in [6, 6.07) is 0. The highest BCUT2D eigenvalue weighted by Gasteiger charge is 2.14. The second-order valence-corrected chi connectivity index (χ2v) is 5.97. The summed E-state index contributed by atoms with van der Waals surface area (Å²) in [6.07, 6.45) is 15.6. The molecule has 0 bridgehead atoms. The van der Waals surface area contributed by atoms with Gasteiger partial charge in [-0.15, -0.1) is 11.8 Å². The molecule has 2 rings (SSSR count). The Kier molecular flexibility index (Phi) is 7.29. The number of aliphatic hydroxyl groups is 1. The molecular weight excluding hydrogens is 313 g/mol. The van der Waals surface area contributed by atoms with Gasteiger partial charge in [0.2, 0.25) is 0 Å². The number of alkyl halides is 1. The van der Waals surface area contributed by atoms with Gasteiger partial charge in [0, 0.05) is 31.8 Å². The van der Waals surface area contributed by atoms with Crippen LogP contribution < -0.4 is 0 Å². The molecule has 0 saturated heterocycles. The second-order valence-electron chi connectivity index (χ2n) is 5.09. The Morgan fingerprint density at radius 3 is 3.17 bits per heavy atom. The summed E-state index contributed by atoms with van der Waals surface area (Å²) in [5.74, 6) is 0. The number of rotatable bonds is 3. The van der Waals surface area contributed by atoms with Gasteiger partial charge in [0.15, 0.2) is 0 Å². The molecule has 0 aliphatic carbocycles. The van der Waals surface area contributed by atoms with Gasteiger partial charge in [-0.3, -0.25) is 4.99 Å². The molecule has 23 heavy (non-hydrogen) atoms. The molecule has 0 spiro atoms. The molecule has 2 aliphatic heterocycles.